The Morgan fingerprint density at radius 3 is 2.83 bits per heavy atom. The number of benzene rings is 1. The number of hydrogen-bond donors (Lipinski definition) is 1. The molecule has 1 aromatic carbocycles. The molecule has 0 radical (unpaired) electrons. The second-order valence-corrected chi connectivity index (χ2v) is 5.44. The van der Waals surface area contributed by atoms with Crippen molar-refractivity contribution < 1.29 is 9.59 Å². The number of terminal acetylenes is 1. The number of anilines is 1. The highest BCUT2D eigenvalue weighted by atomic mass is 35.5. The van der Waals surface area contributed by atoms with E-state index in [1.807, 2.05) is 0 Å². The van der Waals surface area contributed by atoms with Crippen LogP contribution in [0, 0.1) is 12.3 Å². The van der Waals surface area contributed by atoms with Gasteiger partial charge in [0.15, 0.2) is 0 Å². The molecule has 0 saturated carbocycles. The Bertz CT molecular complexity index is 822. The molecule has 0 aliphatic carbocycles. The van der Waals surface area contributed by atoms with E-state index in [4.69, 9.17) is 18.0 Å². The van der Waals surface area contributed by atoms with E-state index in [1.54, 1.807) is 28.9 Å². The summed E-state index contributed by atoms with van der Waals surface area (Å²) in [4.78, 5) is 25.7. The summed E-state index contributed by atoms with van der Waals surface area (Å²) in [5.41, 5.74) is 1.58. The lowest BCUT2D eigenvalue weighted by atomic mass is 10.2. The number of aromatic nitrogens is 2. The second kappa shape index (κ2) is 6.15. The van der Waals surface area contributed by atoms with Crippen molar-refractivity contribution >= 4 is 29.1 Å². The lowest BCUT2D eigenvalue weighted by molar-refractivity contribution is -0.126. The van der Waals surface area contributed by atoms with Gasteiger partial charge in [0.2, 0.25) is 0 Å². The number of carbonyl (C=O) groups is 2. The minimum absolute atomic E-state index is 0.258. The predicted molar refractivity (Wildman–Crippen MR) is 85.9 cm³/mol. The van der Waals surface area contributed by atoms with Crippen LogP contribution >= 0.6 is 11.6 Å². The van der Waals surface area contributed by atoms with Gasteiger partial charge in [0.25, 0.3) is 11.8 Å². The summed E-state index contributed by atoms with van der Waals surface area (Å²) in [6.45, 7) is 1.24. The summed E-state index contributed by atoms with van der Waals surface area (Å²) in [5.74, 6) is 1.37. The predicted octanol–water partition coefficient (Wildman–Crippen LogP) is 1.76. The van der Waals surface area contributed by atoms with E-state index in [9.17, 15) is 9.59 Å². The van der Waals surface area contributed by atoms with Crippen LogP contribution in [0.4, 0.5) is 5.69 Å². The lowest BCUT2D eigenvalue weighted by Crippen LogP contribution is -2.38. The zero-order chi connectivity index (χ0) is 16.4. The summed E-state index contributed by atoms with van der Waals surface area (Å²) in [7, 11) is 0. The molecule has 2 heterocycles. The first kappa shape index (κ1) is 15.1. The number of carbonyl (C=O) groups excluding carboxylic acids is 2. The molecule has 1 N–H and O–H groups in total. The zero-order valence-electron chi connectivity index (χ0n) is 12.1. The van der Waals surface area contributed by atoms with Crippen LogP contribution in [0.25, 0.3) is 0 Å². The van der Waals surface area contributed by atoms with Gasteiger partial charge in [0.1, 0.15) is 0 Å². The third-order valence-corrected chi connectivity index (χ3v) is 3.98. The van der Waals surface area contributed by atoms with Crippen molar-refractivity contribution in [1.82, 2.24) is 14.7 Å². The molecule has 0 spiro atoms. The highest BCUT2D eigenvalue weighted by Crippen LogP contribution is 2.23. The molecule has 1 aliphatic rings. The van der Waals surface area contributed by atoms with Crippen LogP contribution in [0.1, 0.15) is 16.1 Å². The Balaban J connectivity index is 1.84. The standard InChI is InChI=1S/C16H13ClN4O2/c1-2-15(22)20-7-8-21-14(10-20)11(9-18-21)16(23)19-13-6-4-3-5-12(13)17/h1,3-6,9H,7-8,10H2,(H,19,23). The average molecular weight is 329 g/mol. The van der Waals surface area contributed by atoms with Gasteiger partial charge in [-0.05, 0) is 18.1 Å². The van der Waals surface area contributed by atoms with Crippen molar-refractivity contribution in [1.29, 1.82) is 0 Å². The van der Waals surface area contributed by atoms with Crippen LogP contribution in [0.15, 0.2) is 30.5 Å². The number of rotatable bonds is 2. The fraction of sp³-hybridized carbons (Fsp3) is 0.188. The van der Waals surface area contributed by atoms with Crippen LogP contribution in [-0.4, -0.2) is 33.0 Å². The smallest absolute Gasteiger partial charge is 0.298 e. The summed E-state index contributed by atoms with van der Waals surface area (Å²) >= 11 is 6.05. The highest BCUT2D eigenvalue weighted by molar-refractivity contribution is 6.33. The van der Waals surface area contributed by atoms with E-state index >= 15 is 0 Å². The maximum absolute atomic E-state index is 12.5. The van der Waals surface area contributed by atoms with E-state index in [0.717, 1.165) is 0 Å². The Morgan fingerprint density at radius 1 is 1.30 bits per heavy atom. The second-order valence-electron chi connectivity index (χ2n) is 5.03. The van der Waals surface area contributed by atoms with Crippen LogP contribution in [0.5, 0.6) is 0 Å². The number of nitrogens with zero attached hydrogens (tertiary/aromatic N) is 3. The van der Waals surface area contributed by atoms with Crippen LogP contribution < -0.4 is 5.32 Å². The Labute approximate surface area is 138 Å². The van der Waals surface area contributed by atoms with Crippen LogP contribution in [-0.2, 0) is 17.9 Å². The Hall–Kier alpha value is -2.78. The molecule has 23 heavy (non-hydrogen) atoms. The number of hydrogen-bond acceptors (Lipinski definition) is 3. The third kappa shape index (κ3) is 2.91. The first-order valence-corrected chi connectivity index (χ1v) is 7.34. The number of amides is 2. The molecule has 6 nitrogen and oxygen atoms in total. The van der Waals surface area contributed by atoms with Gasteiger partial charge in [0, 0.05) is 6.54 Å². The molecule has 1 aliphatic heterocycles. The molecule has 0 bridgehead atoms. The topological polar surface area (TPSA) is 67.2 Å². The number of halogens is 1. The largest absolute Gasteiger partial charge is 0.324 e. The van der Waals surface area contributed by atoms with Gasteiger partial charge < -0.3 is 10.2 Å². The van der Waals surface area contributed by atoms with E-state index < -0.39 is 5.91 Å². The van der Waals surface area contributed by atoms with Gasteiger partial charge in [-0.25, -0.2) is 0 Å². The summed E-state index contributed by atoms with van der Waals surface area (Å²) < 4.78 is 1.71. The Morgan fingerprint density at radius 2 is 2.09 bits per heavy atom. The van der Waals surface area contributed by atoms with E-state index in [2.05, 4.69) is 16.3 Å². The zero-order valence-corrected chi connectivity index (χ0v) is 12.9. The third-order valence-electron chi connectivity index (χ3n) is 3.65. The first-order valence-electron chi connectivity index (χ1n) is 6.96. The summed E-state index contributed by atoms with van der Waals surface area (Å²) in [6.07, 6.45) is 6.65. The molecule has 3 rings (SSSR count). The molecular weight excluding hydrogens is 316 g/mol. The van der Waals surface area contributed by atoms with Crippen LogP contribution in [0.2, 0.25) is 5.02 Å². The molecule has 2 amide bonds. The first-order chi connectivity index (χ1) is 11.1. The van der Waals surface area contributed by atoms with Crippen molar-refractivity contribution in [2.24, 2.45) is 0 Å². The normalized spacial score (nSPS) is 13.1. The van der Waals surface area contributed by atoms with Crippen molar-refractivity contribution in [3.8, 4) is 12.3 Å². The number of nitrogens with one attached hydrogen (secondary N) is 1. The Kier molecular flexibility index (Phi) is 4.04. The molecule has 0 fully saturated rings. The average Bonchev–Trinajstić information content (AvgIpc) is 2.99. The molecule has 7 heteroatoms. The summed E-state index contributed by atoms with van der Waals surface area (Å²) in [6, 6.07) is 6.97. The van der Waals surface area contributed by atoms with Gasteiger partial charge >= 0.3 is 0 Å². The van der Waals surface area contributed by atoms with Crippen molar-refractivity contribution in [2.75, 3.05) is 11.9 Å². The molecule has 0 unspecified atom stereocenters. The van der Waals surface area contributed by atoms with E-state index in [0.29, 0.717) is 35.1 Å². The van der Waals surface area contributed by atoms with Gasteiger partial charge in [-0.15, -0.1) is 6.42 Å². The minimum atomic E-state index is -0.394. The fourth-order valence-corrected chi connectivity index (χ4v) is 2.63. The van der Waals surface area contributed by atoms with Gasteiger partial charge in [0.05, 0.1) is 41.3 Å². The monoisotopic (exact) mass is 328 g/mol. The maximum atomic E-state index is 12.5. The molecule has 2 aromatic rings. The van der Waals surface area contributed by atoms with Crippen molar-refractivity contribution in [2.45, 2.75) is 13.1 Å². The molecular formula is C16H13ClN4O2. The van der Waals surface area contributed by atoms with E-state index in [-0.39, 0.29) is 12.5 Å². The van der Waals surface area contributed by atoms with Gasteiger partial charge in [-0.1, -0.05) is 23.7 Å². The lowest BCUT2D eigenvalue weighted by Gasteiger charge is -2.26. The van der Waals surface area contributed by atoms with Crippen molar-refractivity contribution in [3.63, 3.8) is 0 Å². The van der Waals surface area contributed by atoms with Gasteiger partial charge in [-0.2, -0.15) is 5.10 Å². The molecule has 116 valence electrons. The van der Waals surface area contributed by atoms with E-state index in [1.165, 1.54) is 11.1 Å². The summed E-state index contributed by atoms with van der Waals surface area (Å²) in [5, 5.41) is 7.40. The molecule has 1 aromatic heterocycles. The molecule has 0 saturated heterocycles. The fourth-order valence-electron chi connectivity index (χ4n) is 2.45. The molecule has 0 atom stereocenters. The number of fused-ring (bicyclic) bond motifs is 1. The minimum Gasteiger partial charge on any atom is -0.324 e. The number of para-hydroxylation sites is 1. The SMILES string of the molecule is C#CC(=O)N1CCn2ncc(C(=O)Nc3ccccc3Cl)c2C1. The van der Waals surface area contributed by atoms with Crippen LogP contribution in [0.3, 0.4) is 0 Å². The van der Waals surface area contributed by atoms with Crippen molar-refractivity contribution in [3.05, 3.63) is 46.7 Å². The highest BCUT2D eigenvalue weighted by Gasteiger charge is 2.25. The van der Waals surface area contributed by atoms with Gasteiger partial charge in [-0.3, -0.25) is 14.3 Å². The quantitative estimate of drug-likeness (QED) is 0.854. The maximum Gasteiger partial charge on any atom is 0.298 e.